The van der Waals surface area contributed by atoms with Crippen LogP contribution in [0.25, 0.3) is 0 Å². The molecule has 0 radical (unpaired) electrons. The van der Waals surface area contributed by atoms with E-state index in [2.05, 4.69) is 11.4 Å². The number of likely N-dealkylation sites (N-methyl/N-ethyl adjacent to an activating group) is 1. The summed E-state index contributed by atoms with van der Waals surface area (Å²) in [5, 5.41) is 3.77. The highest BCUT2D eigenvalue weighted by molar-refractivity contribution is 6.30. The topological polar surface area (TPSA) is 58.6 Å². The smallest absolute Gasteiger partial charge is 0.242 e. The third kappa shape index (κ3) is 3.42. The zero-order chi connectivity index (χ0) is 17.2. The van der Waals surface area contributed by atoms with E-state index in [0.29, 0.717) is 37.6 Å². The highest BCUT2D eigenvalue weighted by Crippen LogP contribution is 2.35. The molecule has 2 fully saturated rings. The first-order chi connectivity index (χ1) is 11.5. The number of benzene rings is 1. The maximum absolute atomic E-state index is 12.5. The minimum atomic E-state index is -0.353. The molecule has 6 heteroatoms. The van der Waals surface area contributed by atoms with Gasteiger partial charge in [-0.05, 0) is 37.0 Å². The van der Waals surface area contributed by atoms with E-state index in [1.807, 2.05) is 18.2 Å². The molecule has 1 aromatic carbocycles. The number of hydrogen-bond donors (Lipinski definition) is 1. The zero-order valence-electron chi connectivity index (χ0n) is 13.9. The highest BCUT2D eigenvalue weighted by atomic mass is 35.5. The van der Waals surface area contributed by atoms with Gasteiger partial charge in [0.05, 0.1) is 0 Å². The molecule has 2 aliphatic heterocycles. The molecule has 24 heavy (non-hydrogen) atoms. The van der Waals surface area contributed by atoms with Crippen LogP contribution in [0.4, 0.5) is 0 Å². The SMILES string of the molecule is CN1C(=O)CCC1C(=O)NCC1(c2cccc(Cl)c2)CCOCC1. The van der Waals surface area contributed by atoms with Gasteiger partial charge in [0, 0.05) is 43.7 Å². The van der Waals surface area contributed by atoms with Crippen LogP contribution < -0.4 is 5.32 Å². The largest absolute Gasteiger partial charge is 0.381 e. The number of carbonyl (C=O) groups is 2. The fraction of sp³-hybridized carbons (Fsp3) is 0.556. The van der Waals surface area contributed by atoms with Gasteiger partial charge < -0.3 is 15.0 Å². The first-order valence-corrected chi connectivity index (χ1v) is 8.77. The quantitative estimate of drug-likeness (QED) is 0.905. The second kappa shape index (κ2) is 7.11. The summed E-state index contributed by atoms with van der Waals surface area (Å²) in [4.78, 5) is 25.7. The van der Waals surface area contributed by atoms with E-state index in [0.717, 1.165) is 18.4 Å². The molecule has 1 unspecified atom stereocenters. The Balaban J connectivity index is 1.73. The van der Waals surface area contributed by atoms with Crippen molar-refractivity contribution in [1.82, 2.24) is 10.2 Å². The third-order valence-corrected chi connectivity index (χ3v) is 5.52. The Bertz CT molecular complexity index is 628. The van der Waals surface area contributed by atoms with Crippen molar-refractivity contribution in [3.8, 4) is 0 Å². The lowest BCUT2D eigenvalue weighted by molar-refractivity contribution is -0.134. The van der Waals surface area contributed by atoms with Crippen LogP contribution in [0, 0.1) is 0 Å². The molecule has 130 valence electrons. The van der Waals surface area contributed by atoms with E-state index in [9.17, 15) is 9.59 Å². The summed E-state index contributed by atoms with van der Waals surface area (Å²) in [6.45, 7) is 1.88. The summed E-state index contributed by atoms with van der Waals surface area (Å²) < 4.78 is 5.52. The van der Waals surface area contributed by atoms with Crippen LogP contribution >= 0.6 is 11.6 Å². The summed E-state index contributed by atoms with van der Waals surface area (Å²) in [6, 6.07) is 7.49. The minimum absolute atomic E-state index is 0.0331. The molecule has 0 aromatic heterocycles. The number of rotatable bonds is 4. The summed E-state index contributed by atoms with van der Waals surface area (Å²) in [7, 11) is 1.70. The lowest BCUT2D eigenvalue weighted by atomic mass is 9.74. The lowest BCUT2D eigenvalue weighted by Crippen LogP contribution is -2.49. The van der Waals surface area contributed by atoms with Crippen LogP contribution in [-0.4, -0.2) is 49.6 Å². The van der Waals surface area contributed by atoms with Crippen molar-refractivity contribution in [2.24, 2.45) is 0 Å². The van der Waals surface area contributed by atoms with Gasteiger partial charge in [-0.3, -0.25) is 9.59 Å². The van der Waals surface area contributed by atoms with E-state index >= 15 is 0 Å². The fourth-order valence-electron chi connectivity index (χ4n) is 3.63. The predicted molar refractivity (Wildman–Crippen MR) is 92.0 cm³/mol. The number of amides is 2. The lowest BCUT2D eigenvalue weighted by Gasteiger charge is -2.38. The van der Waals surface area contributed by atoms with Gasteiger partial charge >= 0.3 is 0 Å². The Labute approximate surface area is 147 Å². The molecule has 5 nitrogen and oxygen atoms in total. The molecule has 1 atom stereocenters. The number of nitrogens with one attached hydrogen (secondary N) is 1. The summed E-state index contributed by atoms with van der Waals surface area (Å²) >= 11 is 6.16. The first kappa shape index (κ1) is 17.2. The van der Waals surface area contributed by atoms with Gasteiger partial charge in [0.1, 0.15) is 6.04 Å². The number of likely N-dealkylation sites (tertiary alicyclic amines) is 1. The van der Waals surface area contributed by atoms with Gasteiger partial charge in [-0.25, -0.2) is 0 Å². The van der Waals surface area contributed by atoms with Crippen molar-refractivity contribution in [3.05, 3.63) is 34.9 Å². The highest BCUT2D eigenvalue weighted by Gasteiger charge is 2.38. The molecule has 0 spiro atoms. The molecule has 2 heterocycles. The van der Waals surface area contributed by atoms with Crippen LogP contribution in [0.15, 0.2) is 24.3 Å². The number of halogens is 1. The van der Waals surface area contributed by atoms with Crippen LogP contribution in [0.3, 0.4) is 0 Å². The zero-order valence-corrected chi connectivity index (χ0v) is 14.6. The monoisotopic (exact) mass is 350 g/mol. The number of ether oxygens (including phenoxy) is 1. The molecule has 1 N–H and O–H groups in total. The molecule has 2 saturated heterocycles. The van der Waals surface area contributed by atoms with Crippen LogP contribution in [0.1, 0.15) is 31.2 Å². The Kier molecular flexibility index (Phi) is 5.11. The van der Waals surface area contributed by atoms with E-state index in [1.54, 1.807) is 11.9 Å². The van der Waals surface area contributed by atoms with Gasteiger partial charge in [0.15, 0.2) is 0 Å². The normalized spacial score (nSPS) is 23.3. The Morgan fingerprint density at radius 1 is 1.42 bits per heavy atom. The third-order valence-electron chi connectivity index (χ3n) is 5.28. The summed E-state index contributed by atoms with van der Waals surface area (Å²) in [5.74, 6) is -0.0398. The fourth-order valence-corrected chi connectivity index (χ4v) is 3.82. The second-order valence-electron chi connectivity index (χ2n) is 6.68. The molecule has 0 saturated carbocycles. The van der Waals surface area contributed by atoms with Crippen molar-refractivity contribution in [2.75, 3.05) is 26.8 Å². The van der Waals surface area contributed by atoms with Crippen molar-refractivity contribution < 1.29 is 14.3 Å². The van der Waals surface area contributed by atoms with E-state index in [1.165, 1.54) is 0 Å². The Hall–Kier alpha value is -1.59. The van der Waals surface area contributed by atoms with Crippen LogP contribution in [0.5, 0.6) is 0 Å². The molecule has 3 rings (SSSR count). The molecule has 0 bridgehead atoms. The van der Waals surface area contributed by atoms with Gasteiger partial charge in [-0.1, -0.05) is 23.7 Å². The standard InChI is InChI=1S/C18H23ClN2O3/c1-21-15(5-6-16(21)22)17(23)20-12-18(7-9-24-10-8-18)13-3-2-4-14(19)11-13/h2-4,11,15H,5-10,12H2,1H3,(H,20,23). The second-order valence-corrected chi connectivity index (χ2v) is 7.12. The van der Waals surface area contributed by atoms with Crippen molar-refractivity contribution in [2.45, 2.75) is 37.1 Å². The molecular weight excluding hydrogens is 328 g/mol. The van der Waals surface area contributed by atoms with Crippen molar-refractivity contribution >= 4 is 23.4 Å². The average molecular weight is 351 g/mol. The number of nitrogens with zero attached hydrogens (tertiary/aromatic N) is 1. The van der Waals surface area contributed by atoms with Gasteiger partial charge in [-0.2, -0.15) is 0 Å². The number of hydrogen-bond acceptors (Lipinski definition) is 3. The molecule has 2 amide bonds. The van der Waals surface area contributed by atoms with E-state index in [-0.39, 0.29) is 23.3 Å². The summed E-state index contributed by atoms with van der Waals surface area (Å²) in [6.07, 6.45) is 2.72. The molecule has 1 aromatic rings. The van der Waals surface area contributed by atoms with Crippen LogP contribution in [0.2, 0.25) is 5.02 Å². The summed E-state index contributed by atoms with van der Waals surface area (Å²) in [5.41, 5.74) is 0.967. The maximum atomic E-state index is 12.5. The first-order valence-electron chi connectivity index (χ1n) is 8.39. The van der Waals surface area contributed by atoms with Crippen LogP contribution in [-0.2, 0) is 19.7 Å². The maximum Gasteiger partial charge on any atom is 0.242 e. The van der Waals surface area contributed by atoms with E-state index in [4.69, 9.17) is 16.3 Å². The van der Waals surface area contributed by atoms with Gasteiger partial charge in [0.2, 0.25) is 11.8 Å². The average Bonchev–Trinajstić information content (AvgIpc) is 2.93. The molecule has 0 aliphatic carbocycles. The van der Waals surface area contributed by atoms with Gasteiger partial charge in [-0.15, -0.1) is 0 Å². The van der Waals surface area contributed by atoms with E-state index < -0.39 is 0 Å². The predicted octanol–water partition coefficient (Wildman–Crippen LogP) is 2.13. The minimum Gasteiger partial charge on any atom is -0.381 e. The van der Waals surface area contributed by atoms with Crippen molar-refractivity contribution in [3.63, 3.8) is 0 Å². The number of carbonyl (C=O) groups excluding carboxylic acids is 2. The Morgan fingerprint density at radius 2 is 2.17 bits per heavy atom. The molecule has 2 aliphatic rings. The Morgan fingerprint density at radius 3 is 2.79 bits per heavy atom. The molecular formula is C18H23ClN2O3. The van der Waals surface area contributed by atoms with Gasteiger partial charge in [0.25, 0.3) is 0 Å². The van der Waals surface area contributed by atoms with Crippen molar-refractivity contribution in [1.29, 1.82) is 0 Å².